The van der Waals surface area contributed by atoms with E-state index >= 15 is 0 Å². The molecule has 1 aliphatic rings. The lowest BCUT2D eigenvalue weighted by atomic mass is 9.93. The Balaban J connectivity index is 1.81. The van der Waals surface area contributed by atoms with Crippen LogP contribution in [0.25, 0.3) is 10.9 Å². The zero-order valence-corrected chi connectivity index (χ0v) is 18.1. The van der Waals surface area contributed by atoms with Crippen LogP contribution in [0.3, 0.4) is 0 Å². The van der Waals surface area contributed by atoms with Crippen LogP contribution >= 0.6 is 0 Å². The van der Waals surface area contributed by atoms with Crippen LogP contribution in [-0.4, -0.2) is 45.7 Å². The molecule has 0 aliphatic carbocycles. The normalized spacial score (nSPS) is 16.3. The van der Waals surface area contributed by atoms with Gasteiger partial charge in [-0.15, -0.1) is 0 Å². The molecule has 2 aromatic heterocycles. The van der Waals surface area contributed by atoms with Crippen molar-refractivity contribution in [1.29, 1.82) is 0 Å². The zero-order chi connectivity index (χ0) is 21.5. The Morgan fingerprint density at radius 3 is 2.90 bits per heavy atom. The first kappa shape index (κ1) is 20.6. The number of benzene rings is 1. The Bertz CT molecular complexity index is 1100. The number of rotatable bonds is 5. The van der Waals surface area contributed by atoms with Gasteiger partial charge in [0.1, 0.15) is 5.60 Å². The Morgan fingerprint density at radius 1 is 1.33 bits per heavy atom. The van der Waals surface area contributed by atoms with Crippen LogP contribution in [-0.2, 0) is 29.8 Å². The van der Waals surface area contributed by atoms with Crippen LogP contribution in [0.4, 0.5) is 0 Å². The molecule has 1 aliphatic heterocycles. The van der Waals surface area contributed by atoms with Gasteiger partial charge in [-0.3, -0.25) is 0 Å². The highest BCUT2D eigenvalue weighted by Gasteiger charge is 2.33. The summed E-state index contributed by atoms with van der Waals surface area (Å²) < 4.78 is 7.38. The second-order valence-corrected chi connectivity index (χ2v) is 8.41. The van der Waals surface area contributed by atoms with Crippen LogP contribution in [0.1, 0.15) is 46.7 Å². The predicted molar refractivity (Wildman–Crippen MR) is 116 cm³/mol. The average Bonchev–Trinajstić information content (AvgIpc) is 3.00. The van der Waals surface area contributed by atoms with E-state index in [-0.39, 0.29) is 12.3 Å². The van der Waals surface area contributed by atoms with E-state index in [9.17, 15) is 9.90 Å². The topological polar surface area (TPSA) is 67.6 Å². The number of carbonyl (C=O) groups is 1. The summed E-state index contributed by atoms with van der Waals surface area (Å²) in [4.78, 5) is 19.0. The molecule has 1 unspecified atom stereocenters. The van der Waals surface area contributed by atoms with Crippen LogP contribution in [0.2, 0.25) is 0 Å². The number of hydrogen-bond donors (Lipinski definition) is 1. The molecule has 0 bridgehead atoms. The van der Waals surface area contributed by atoms with Crippen LogP contribution in [0, 0.1) is 6.92 Å². The minimum Gasteiger partial charge on any atom is -0.461 e. The van der Waals surface area contributed by atoms with Crippen molar-refractivity contribution < 1.29 is 14.6 Å². The van der Waals surface area contributed by atoms with Gasteiger partial charge >= 0.3 is 5.97 Å². The molecule has 0 saturated carbocycles. The highest BCUT2D eigenvalue weighted by Crippen LogP contribution is 2.35. The van der Waals surface area contributed by atoms with Crippen LogP contribution < -0.4 is 0 Å². The molecule has 1 N–H and O–H groups in total. The summed E-state index contributed by atoms with van der Waals surface area (Å²) >= 11 is 0. The zero-order valence-electron chi connectivity index (χ0n) is 18.1. The Kier molecular flexibility index (Phi) is 5.38. The first-order valence-electron chi connectivity index (χ1n) is 10.5. The lowest BCUT2D eigenvalue weighted by Crippen LogP contribution is -2.33. The van der Waals surface area contributed by atoms with E-state index in [0.717, 1.165) is 25.0 Å². The third kappa shape index (κ3) is 3.61. The molecular weight excluding hydrogens is 378 g/mol. The highest BCUT2D eigenvalue weighted by molar-refractivity contribution is 5.89. The molecule has 4 rings (SSSR count). The molecule has 0 saturated heterocycles. The Morgan fingerprint density at radius 2 is 2.13 bits per heavy atom. The van der Waals surface area contributed by atoms with Crippen LogP contribution in [0.15, 0.2) is 36.5 Å². The molecular formula is C24H29N3O3. The van der Waals surface area contributed by atoms with Gasteiger partial charge in [-0.2, -0.15) is 0 Å². The van der Waals surface area contributed by atoms with E-state index in [2.05, 4.69) is 46.6 Å². The maximum Gasteiger partial charge on any atom is 0.357 e. The standard InChI is InChI=1S/C24H29N3O3/c1-5-30-23(28)22-19(7-6-11-25-22)24(3,29)15-27-20-9-8-16(2)13-17(20)18-14-26(4)12-10-21(18)27/h6-9,11,13,29H,5,10,12,14-15H2,1-4H3. The van der Waals surface area contributed by atoms with Crippen molar-refractivity contribution in [2.24, 2.45) is 0 Å². The smallest absolute Gasteiger partial charge is 0.357 e. The monoisotopic (exact) mass is 407 g/mol. The van der Waals surface area contributed by atoms with E-state index < -0.39 is 11.6 Å². The summed E-state index contributed by atoms with van der Waals surface area (Å²) in [6.45, 7) is 8.08. The summed E-state index contributed by atoms with van der Waals surface area (Å²) in [7, 11) is 2.14. The number of aryl methyl sites for hydroxylation is 1. The van der Waals surface area contributed by atoms with Crippen molar-refractivity contribution in [3.63, 3.8) is 0 Å². The summed E-state index contributed by atoms with van der Waals surface area (Å²) in [5.74, 6) is -0.509. The fourth-order valence-corrected chi connectivity index (χ4v) is 4.47. The van der Waals surface area contributed by atoms with Gasteiger partial charge in [0, 0.05) is 47.9 Å². The van der Waals surface area contributed by atoms with E-state index in [1.165, 1.54) is 22.2 Å². The first-order valence-corrected chi connectivity index (χ1v) is 10.5. The third-order valence-corrected chi connectivity index (χ3v) is 5.92. The molecule has 1 aromatic carbocycles. The second-order valence-electron chi connectivity index (χ2n) is 8.41. The number of nitrogens with zero attached hydrogens (tertiary/aromatic N) is 3. The van der Waals surface area contributed by atoms with Gasteiger partial charge in [0.05, 0.1) is 13.2 Å². The van der Waals surface area contributed by atoms with Crippen molar-refractivity contribution in [3.8, 4) is 0 Å². The van der Waals surface area contributed by atoms with Crippen molar-refractivity contribution in [2.75, 3.05) is 20.2 Å². The Hall–Kier alpha value is -2.70. The minimum absolute atomic E-state index is 0.172. The van der Waals surface area contributed by atoms with E-state index in [1.54, 1.807) is 32.2 Å². The molecule has 6 heteroatoms. The highest BCUT2D eigenvalue weighted by atomic mass is 16.5. The number of likely N-dealkylation sites (N-methyl/N-ethyl adjacent to an activating group) is 1. The summed E-state index contributed by atoms with van der Waals surface area (Å²) in [6.07, 6.45) is 2.48. The van der Waals surface area contributed by atoms with Gasteiger partial charge < -0.3 is 19.3 Å². The van der Waals surface area contributed by atoms with Gasteiger partial charge in [-0.25, -0.2) is 9.78 Å². The molecule has 0 spiro atoms. The number of aliphatic hydroxyl groups is 1. The Labute approximate surface area is 177 Å². The number of fused-ring (bicyclic) bond motifs is 3. The van der Waals surface area contributed by atoms with E-state index in [0.29, 0.717) is 12.1 Å². The minimum atomic E-state index is -1.29. The molecule has 6 nitrogen and oxygen atoms in total. The maximum atomic E-state index is 12.4. The number of hydrogen-bond acceptors (Lipinski definition) is 5. The molecule has 0 fully saturated rings. The predicted octanol–water partition coefficient (Wildman–Crippen LogP) is 3.42. The van der Waals surface area contributed by atoms with Gasteiger partial charge in [0.2, 0.25) is 0 Å². The number of aromatic nitrogens is 2. The lowest BCUT2D eigenvalue weighted by molar-refractivity contribution is 0.0322. The van der Waals surface area contributed by atoms with Crippen molar-refractivity contribution >= 4 is 16.9 Å². The SMILES string of the molecule is CCOC(=O)c1ncccc1C(C)(O)Cn1c2c(c3cc(C)ccc31)CN(C)CC2. The summed E-state index contributed by atoms with van der Waals surface area (Å²) in [5, 5.41) is 12.8. The molecule has 30 heavy (non-hydrogen) atoms. The molecule has 0 amide bonds. The largest absolute Gasteiger partial charge is 0.461 e. The fourth-order valence-electron chi connectivity index (χ4n) is 4.47. The van der Waals surface area contributed by atoms with Crippen molar-refractivity contribution in [1.82, 2.24) is 14.5 Å². The molecule has 3 heterocycles. The van der Waals surface area contributed by atoms with E-state index in [4.69, 9.17) is 4.74 Å². The van der Waals surface area contributed by atoms with Crippen molar-refractivity contribution in [3.05, 3.63) is 64.6 Å². The van der Waals surface area contributed by atoms with Gasteiger partial charge in [0.25, 0.3) is 0 Å². The maximum absolute atomic E-state index is 12.4. The van der Waals surface area contributed by atoms with E-state index in [1.807, 2.05) is 0 Å². The quantitative estimate of drug-likeness (QED) is 0.657. The second kappa shape index (κ2) is 7.85. The third-order valence-electron chi connectivity index (χ3n) is 5.92. The lowest BCUT2D eigenvalue weighted by Gasteiger charge is -2.29. The van der Waals surface area contributed by atoms with Gasteiger partial charge in [0.15, 0.2) is 5.69 Å². The van der Waals surface area contributed by atoms with Crippen LogP contribution in [0.5, 0.6) is 0 Å². The van der Waals surface area contributed by atoms with Gasteiger partial charge in [-0.05, 0) is 51.6 Å². The summed E-state index contributed by atoms with van der Waals surface area (Å²) in [6, 6.07) is 9.97. The number of esters is 1. The molecule has 158 valence electrons. The summed E-state index contributed by atoms with van der Waals surface area (Å²) in [5.41, 5.74) is 4.29. The number of carbonyl (C=O) groups excluding carboxylic acids is 1. The van der Waals surface area contributed by atoms with Gasteiger partial charge in [-0.1, -0.05) is 17.7 Å². The first-order chi connectivity index (χ1) is 14.3. The molecule has 1 atom stereocenters. The molecule has 3 aromatic rings. The fraction of sp³-hybridized carbons (Fsp3) is 0.417. The average molecular weight is 408 g/mol. The van der Waals surface area contributed by atoms with Crippen molar-refractivity contribution in [2.45, 2.75) is 45.9 Å². The number of pyridine rings is 1. The molecule has 0 radical (unpaired) electrons. The number of ether oxygens (including phenoxy) is 1.